The van der Waals surface area contributed by atoms with Crippen LogP contribution in [0.3, 0.4) is 0 Å². The number of nitrogens with zero attached hydrogens (tertiary/aromatic N) is 2. The van der Waals surface area contributed by atoms with Gasteiger partial charge in [-0.15, -0.1) is 0 Å². The summed E-state index contributed by atoms with van der Waals surface area (Å²) in [7, 11) is 0. The molecule has 1 heterocycles. The average molecular weight is 468 g/mol. The minimum absolute atomic E-state index is 0.158. The van der Waals surface area contributed by atoms with Crippen LogP contribution in [-0.2, 0) is 13.2 Å². The lowest BCUT2D eigenvalue weighted by molar-refractivity contribution is 0.102. The molecule has 1 amide bonds. The highest BCUT2D eigenvalue weighted by molar-refractivity contribution is 6.05. The summed E-state index contributed by atoms with van der Waals surface area (Å²) in [6.45, 7) is 11.4. The van der Waals surface area contributed by atoms with Crippen LogP contribution in [0.4, 0.5) is 5.69 Å². The Morgan fingerprint density at radius 1 is 0.943 bits per heavy atom. The zero-order valence-electron chi connectivity index (χ0n) is 21.1. The summed E-state index contributed by atoms with van der Waals surface area (Å²) < 4.78 is 7.88. The van der Waals surface area contributed by atoms with Crippen LogP contribution in [0.25, 0.3) is 0 Å². The monoisotopic (exact) mass is 467 g/mol. The Balaban J connectivity index is 1.43. The molecule has 1 N–H and O–H groups in total. The smallest absolute Gasteiger partial charge is 0.255 e. The second-order valence-electron chi connectivity index (χ2n) is 9.36. The highest BCUT2D eigenvalue weighted by atomic mass is 16.5. The van der Waals surface area contributed by atoms with Gasteiger partial charge in [0.2, 0.25) is 0 Å². The van der Waals surface area contributed by atoms with E-state index in [-0.39, 0.29) is 5.91 Å². The number of carbonyl (C=O) groups is 1. The zero-order valence-corrected chi connectivity index (χ0v) is 21.1. The second kappa shape index (κ2) is 10.6. The molecule has 5 nitrogen and oxygen atoms in total. The first-order valence-electron chi connectivity index (χ1n) is 12.0. The number of amides is 1. The Labute approximate surface area is 207 Å². The fourth-order valence-corrected chi connectivity index (χ4v) is 4.12. The Morgan fingerprint density at radius 3 is 2.37 bits per heavy atom. The molecule has 0 unspecified atom stereocenters. The van der Waals surface area contributed by atoms with Gasteiger partial charge in [-0.2, -0.15) is 5.10 Å². The maximum Gasteiger partial charge on any atom is 0.255 e. The summed E-state index contributed by atoms with van der Waals surface area (Å²) >= 11 is 0. The van der Waals surface area contributed by atoms with Crippen molar-refractivity contribution < 1.29 is 9.53 Å². The highest BCUT2D eigenvalue weighted by Crippen LogP contribution is 2.23. The molecular formula is C30H33N3O2. The molecule has 0 aliphatic carbocycles. The van der Waals surface area contributed by atoms with Gasteiger partial charge in [0.15, 0.2) is 0 Å². The lowest BCUT2D eigenvalue weighted by atomic mass is 10.0. The van der Waals surface area contributed by atoms with Crippen molar-refractivity contribution in [2.75, 3.05) is 5.32 Å². The molecule has 0 saturated heterocycles. The Morgan fingerprint density at radius 2 is 1.66 bits per heavy atom. The molecule has 0 fully saturated rings. The minimum atomic E-state index is -0.158. The van der Waals surface area contributed by atoms with E-state index >= 15 is 0 Å². The van der Waals surface area contributed by atoms with Gasteiger partial charge in [-0.3, -0.25) is 9.48 Å². The lowest BCUT2D eigenvalue weighted by Crippen LogP contribution is -2.14. The maximum absolute atomic E-state index is 13.1. The molecule has 4 rings (SSSR count). The molecule has 3 aromatic carbocycles. The van der Waals surface area contributed by atoms with E-state index in [1.54, 1.807) is 0 Å². The SMILES string of the molecule is Cc1cccc(Cn2nc(C)c(NC(=O)c3cccc(COc4ccc(C(C)C)cc4)c3)c2C)c1. The van der Waals surface area contributed by atoms with E-state index in [1.165, 1.54) is 16.7 Å². The second-order valence-corrected chi connectivity index (χ2v) is 9.36. The molecule has 0 atom stereocenters. The van der Waals surface area contributed by atoms with E-state index in [4.69, 9.17) is 4.74 Å². The third-order valence-electron chi connectivity index (χ3n) is 6.18. The van der Waals surface area contributed by atoms with Crippen LogP contribution >= 0.6 is 0 Å². The fraction of sp³-hybridized carbons (Fsp3) is 0.267. The first-order chi connectivity index (χ1) is 16.8. The molecule has 5 heteroatoms. The highest BCUT2D eigenvalue weighted by Gasteiger charge is 2.16. The number of carbonyl (C=O) groups excluding carboxylic acids is 1. The van der Waals surface area contributed by atoms with Gasteiger partial charge in [0.25, 0.3) is 5.91 Å². The first-order valence-corrected chi connectivity index (χ1v) is 12.0. The predicted octanol–water partition coefficient (Wildman–Crippen LogP) is 6.81. The van der Waals surface area contributed by atoms with Gasteiger partial charge in [0, 0.05) is 5.56 Å². The summed E-state index contributed by atoms with van der Waals surface area (Å²) in [4.78, 5) is 13.1. The fourth-order valence-electron chi connectivity index (χ4n) is 4.12. The van der Waals surface area contributed by atoms with Crippen LogP contribution in [0.2, 0.25) is 0 Å². The maximum atomic E-state index is 13.1. The van der Waals surface area contributed by atoms with Gasteiger partial charge >= 0.3 is 0 Å². The molecular weight excluding hydrogens is 434 g/mol. The number of anilines is 1. The van der Waals surface area contributed by atoms with E-state index in [2.05, 4.69) is 67.6 Å². The molecule has 180 valence electrons. The van der Waals surface area contributed by atoms with E-state index in [0.717, 1.165) is 28.4 Å². The molecule has 0 saturated carbocycles. The molecule has 1 aromatic heterocycles. The van der Waals surface area contributed by atoms with Crippen molar-refractivity contribution in [1.29, 1.82) is 0 Å². The third-order valence-corrected chi connectivity index (χ3v) is 6.18. The van der Waals surface area contributed by atoms with Crippen molar-refractivity contribution in [3.63, 3.8) is 0 Å². The molecule has 0 aliphatic heterocycles. The van der Waals surface area contributed by atoms with Gasteiger partial charge in [0.05, 0.1) is 23.6 Å². The molecule has 0 spiro atoms. The van der Waals surface area contributed by atoms with Crippen molar-refractivity contribution in [1.82, 2.24) is 9.78 Å². The average Bonchev–Trinajstić information content (AvgIpc) is 3.10. The van der Waals surface area contributed by atoms with Gasteiger partial charge in [-0.05, 0) is 67.6 Å². The quantitative estimate of drug-likeness (QED) is 0.310. The van der Waals surface area contributed by atoms with Crippen LogP contribution in [0.1, 0.15) is 63.8 Å². The standard InChI is InChI=1S/C30H33N3O2/c1-20(2)26-12-14-28(15-13-26)35-19-25-10-7-11-27(17-25)30(34)31-29-22(4)32-33(23(29)5)18-24-9-6-8-21(3)16-24/h6-17,20H,18-19H2,1-5H3,(H,31,34). The number of benzene rings is 3. The number of aromatic nitrogens is 2. The van der Waals surface area contributed by atoms with Gasteiger partial charge in [0.1, 0.15) is 12.4 Å². The largest absolute Gasteiger partial charge is 0.489 e. The van der Waals surface area contributed by atoms with Gasteiger partial charge < -0.3 is 10.1 Å². The lowest BCUT2D eigenvalue weighted by Gasteiger charge is -2.11. The Bertz CT molecular complexity index is 1320. The van der Waals surface area contributed by atoms with E-state index in [9.17, 15) is 4.79 Å². The minimum Gasteiger partial charge on any atom is -0.489 e. The van der Waals surface area contributed by atoms with Crippen molar-refractivity contribution in [2.24, 2.45) is 0 Å². The van der Waals surface area contributed by atoms with Crippen molar-refractivity contribution >= 4 is 11.6 Å². The number of hydrogen-bond donors (Lipinski definition) is 1. The van der Waals surface area contributed by atoms with E-state index < -0.39 is 0 Å². The van der Waals surface area contributed by atoms with Crippen LogP contribution in [0, 0.1) is 20.8 Å². The van der Waals surface area contributed by atoms with Gasteiger partial charge in [-0.1, -0.05) is 67.9 Å². The van der Waals surface area contributed by atoms with Crippen molar-refractivity contribution in [3.05, 3.63) is 112 Å². The normalized spacial score (nSPS) is 11.0. The molecule has 4 aromatic rings. The van der Waals surface area contributed by atoms with Crippen LogP contribution in [-0.4, -0.2) is 15.7 Å². The summed E-state index contributed by atoms with van der Waals surface area (Å²) in [5.41, 5.74) is 7.70. The van der Waals surface area contributed by atoms with Crippen LogP contribution in [0.5, 0.6) is 5.75 Å². The Hall–Kier alpha value is -3.86. The number of rotatable bonds is 8. The number of nitrogens with one attached hydrogen (secondary N) is 1. The summed E-state index contributed by atoms with van der Waals surface area (Å²) in [6, 6.07) is 24.1. The number of ether oxygens (including phenoxy) is 1. The summed E-state index contributed by atoms with van der Waals surface area (Å²) in [5.74, 6) is 1.15. The molecule has 0 radical (unpaired) electrons. The number of aryl methyl sites for hydroxylation is 2. The van der Waals surface area contributed by atoms with Crippen LogP contribution in [0.15, 0.2) is 72.8 Å². The Kier molecular flexibility index (Phi) is 7.35. The molecule has 35 heavy (non-hydrogen) atoms. The predicted molar refractivity (Wildman–Crippen MR) is 141 cm³/mol. The summed E-state index contributed by atoms with van der Waals surface area (Å²) in [5, 5.41) is 7.73. The third kappa shape index (κ3) is 5.99. The molecule has 0 bridgehead atoms. The van der Waals surface area contributed by atoms with Crippen LogP contribution < -0.4 is 10.1 Å². The van der Waals surface area contributed by atoms with Crippen molar-refractivity contribution in [2.45, 2.75) is 53.7 Å². The zero-order chi connectivity index (χ0) is 24.9. The van der Waals surface area contributed by atoms with E-state index in [1.807, 2.05) is 54.9 Å². The summed E-state index contributed by atoms with van der Waals surface area (Å²) in [6.07, 6.45) is 0. The number of hydrogen-bond acceptors (Lipinski definition) is 3. The molecule has 0 aliphatic rings. The van der Waals surface area contributed by atoms with Crippen molar-refractivity contribution in [3.8, 4) is 5.75 Å². The van der Waals surface area contributed by atoms with E-state index in [0.29, 0.717) is 24.6 Å². The van der Waals surface area contributed by atoms with Gasteiger partial charge in [-0.25, -0.2) is 0 Å². The first kappa shape index (κ1) is 24.3. The topological polar surface area (TPSA) is 56.2 Å².